The summed E-state index contributed by atoms with van der Waals surface area (Å²) in [6.07, 6.45) is 1.58. The van der Waals surface area contributed by atoms with Crippen molar-refractivity contribution in [2.24, 2.45) is 0 Å². The molecule has 0 aromatic heterocycles. The first-order valence-electron chi connectivity index (χ1n) is 8.72. The van der Waals surface area contributed by atoms with E-state index in [0.717, 1.165) is 5.56 Å². The summed E-state index contributed by atoms with van der Waals surface area (Å²) in [7, 11) is 0. The number of benzene rings is 2. The second-order valence-corrected chi connectivity index (χ2v) is 6.92. The number of rotatable bonds is 9. The highest BCUT2D eigenvalue weighted by Crippen LogP contribution is 2.23. The van der Waals surface area contributed by atoms with Gasteiger partial charge in [-0.25, -0.2) is 0 Å². The van der Waals surface area contributed by atoms with Gasteiger partial charge in [-0.1, -0.05) is 53.5 Å². The topological polar surface area (TPSA) is 58.6 Å². The van der Waals surface area contributed by atoms with E-state index < -0.39 is 6.04 Å². The molecule has 2 rings (SSSR count). The molecule has 1 N–H and O–H groups in total. The van der Waals surface area contributed by atoms with E-state index in [2.05, 4.69) is 11.9 Å². The zero-order valence-corrected chi connectivity index (χ0v) is 17.0. The largest absolute Gasteiger partial charge is 0.482 e. The molecule has 1 atom stereocenters. The maximum Gasteiger partial charge on any atom is 0.261 e. The molecule has 148 valence electrons. The van der Waals surface area contributed by atoms with Crippen LogP contribution in [0.25, 0.3) is 0 Å². The van der Waals surface area contributed by atoms with Crippen molar-refractivity contribution in [3.63, 3.8) is 0 Å². The van der Waals surface area contributed by atoms with Crippen molar-refractivity contribution in [2.75, 3.05) is 13.2 Å². The van der Waals surface area contributed by atoms with Gasteiger partial charge in [-0.05, 0) is 36.8 Å². The molecule has 7 heteroatoms. The Morgan fingerprint density at radius 3 is 2.50 bits per heavy atom. The molecule has 0 aliphatic carbocycles. The Labute approximate surface area is 174 Å². The fourth-order valence-electron chi connectivity index (χ4n) is 2.47. The van der Waals surface area contributed by atoms with Crippen LogP contribution in [0.1, 0.15) is 12.5 Å². The van der Waals surface area contributed by atoms with E-state index in [1.165, 1.54) is 4.90 Å². The van der Waals surface area contributed by atoms with E-state index in [-0.39, 0.29) is 25.0 Å². The van der Waals surface area contributed by atoms with Crippen LogP contribution in [0.5, 0.6) is 5.75 Å². The molecule has 0 radical (unpaired) electrons. The van der Waals surface area contributed by atoms with Crippen molar-refractivity contribution in [1.82, 2.24) is 10.2 Å². The van der Waals surface area contributed by atoms with Crippen molar-refractivity contribution in [1.29, 1.82) is 0 Å². The zero-order chi connectivity index (χ0) is 20.5. The Morgan fingerprint density at radius 2 is 1.86 bits per heavy atom. The molecule has 2 aromatic rings. The molecule has 0 fully saturated rings. The Morgan fingerprint density at radius 1 is 1.18 bits per heavy atom. The van der Waals surface area contributed by atoms with Crippen LogP contribution in [-0.4, -0.2) is 35.9 Å². The first-order chi connectivity index (χ1) is 13.4. The number of nitrogens with one attached hydrogen (secondary N) is 1. The van der Waals surface area contributed by atoms with Crippen LogP contribution in [0, 0.1) is 0 Å². The number of para-hydroxylation sites is 1. The predicted molar refractivity (Wildman–Crippen MR) is 112 cm³/mol. The number of carbonyl (C=O) groups excluding carboxylic acids is 2. The monoisotopic (exact) mass is 420 g/mol. The van der Waals surface area contributed by atoms with Gasteiger partial charge in [-0.3, -0.25) is 9.59 Å². The third kappa shape index (κ3) is 6.29. The van der Waals surface area contributed by atoms with Crippen molar-refractivity contribution >= 4 is 35.0 Å². The maximum atomic E-state index is 12.9. The number of hydrogen-bond acceptors (Lipinski definition) is 3. The number of carbonyl (C=O) groups is 2. The van der Waals surface area contributed by atoms with E-state index in [0.29, 0.717) is 22.3 Å². The molecule has 0 saturated carbocycles. The third-order valence-electron chi connectivity index (χ3n) is 4.04. The Bertz CT molecular complexity index is 825. The molecule has 5 nitrogen and oxygen atoms in total. The summed E-state index contributed by atoms with van der Waals surface area (Å²) in [5.74, 6) is -0.205. The fourth-order valence-corrected chi connectivity index (χ4v) is 2.79. The zero-order valence-electron chi connectivity index (χ0n) is 15.5. The first-order valence-corrected chi connectivity index (χ1v) is 9.47. The van der Waals surface area contributed by atoms with Gasteiger partial charge in [0.1, 0.15) is 11.8 Å². The van der Waals surface area contributed by atoms with E-state index in [1.807, 2.05) is 12.1 Å². The second-order valence-electron chi connectivity index (χ2n) is 6.08. The Hall–Kier alpha value is -2.50. The molecule has 2 amide bonds. The number of halogens is 2. The van der Waals surface area contributed by atoms with Crippen molar-refractivity contribution in [3.8, 4) is 5.75 Å². The van der Waals surface area contributed by atoms with E-state index >= 15 is 0 Å². The summed E-state index contributed by atoms with van der Waals surface area (Å²) in [5.41, 5.74) is 0.846. The lowest BCUT2D eigenvalue weighted by atomic mass is 10.1. The third-order valence-corrected chi connectivity index (χ3v) is 4.61. The fraction of sp³-hybridized carbons (Fsp3) is 0.238. The van der Waals surface area contributed by atoms with Gasteiger partial charge >= 0.3 is 0 Å². The molecule has 0 saturated heterocycles. The van der Waals surface area contributed by atoms with E-state index in [9.17, 15) is 9.59 Å². The van der Waals surface area contributed by atoms with Crippen LogP contribution in [0.3, 0.4) is 0 Å². The lowest BCUT2D eigenvalue weighted by Gasteiger charge is -2.28. The highest BCUT2D eigenvalue weighted by Gasteiger charge is 2.26. The Kier molecular flexibility index (Phi) is 8.36. The molecule has 0 heterocycles. The minimum Gasteiger partial charge on any atom is -0.482 e. The van der Waals surface area contributed by atoms with Crippen molar-refractivity contribution in [2.45, 2.75) is 19.5 Å². The van der Waals surface area contributed by atoms with Crippen LogP contribution in [0.15, 0.2) is 61.2 Å². The molecule has 0 spiro atoms. The van der Waals surface area contributed by atoms with E-state index in [4.69, 9.17) is 27.9 Å². The average Bonchev–Trinajstić information content (AvgIpc) is 2.70. The summed E-state index contributed by atoms with van der Waals surface area (Å²) < 4.78 is 5.56. The van der Waals surface area contributed by atoms with Crippen LogP contribution in [0.2, 0.25) is 10.0 Å². The summed E-state index contributed by atoms with van der Waals surface area (Å²) in [6.45, 7) is 5.57. The van der Waals surface area contributed by atoms with Crippen LogP contribution >= 0.6 is 23.2 Å². The van der Waals surface area contributed by atoms with E-state index in [1.54, 1.807) is 49.4 Å². The minimum atomic E-state index is -0.696. The molecule has 2 aromatic carbocycles. The molecule has 0 aliphatic rings. The Balaban J connectivity index is 2.14. The van der Waals surface area contributed by atoms with Crippen LogP contribution in [-0.2, 0) is 16.1 Å². The van der Waals surface area contributed by atoms with Crippen LogP contribution in [0.4, 0.5) is 0 Å². The quantitative estimate of drug-likeness (QED) is 0.621. The average molecular weight is 421 g/mol. The van der Waals surface area contributed by atoms with Gasteiger partial charge in [0.15, 0.2) is 6.61 Å². The number of hydrogen-bond donors (Lipinski definition) is 1. The van der Waals surface area contributed by atoms with Gasteiger partial charge in [0.2, 0.25) is 5.91 Å². The number of ether oxygens (including phenoxy) is 1. The van der Waals surface area contributed by atoms with Gasteiger partial charge in [-0.2, -0.15) is 0 Å². The van der Waals surface area contributed by atoms with Gasteiger partial charge in [0.05, 0.1) is 5.02 Å². The normalized spacial score (nSPS) is 11.4. The van der Waals surface area contributed by atoms with Crippen molar-refractivity contribution < 1.29 is 14.3 Å². The lowest BCUT2D eigenvalue weighted by molar-refractivity contribution is -0.142. The van der Waals surface area contributed by atoms with Gasteiger partial charge < -0.3 is 15.0 Å². The SMILES string of the molecule is C=CCNC(=O)[C@H](C)N(Cc1ccc(Cl)cc1)C(=O)COc1ccccc1Cl. The van der Waals surface area contributed by atoms with Gasteiger partial charge in [-0.15, -0.1) is 6.58 Å². The molecule has 28 heavy (non-hydrogen) atoms. The standard InChI is InChI=1S/C21H22Cl2N2O3/c1-3-12-24-21(27)15(2)25(13-16-8-10-17(22)11-9-16)20(26)14-28-19-7-5-4-6-18(19)23/h3-11,15H,1,12-14H2,2H3,(H,24,27)/t15-/m0/s1. The summed E-state index contributed by atoms with van der Waals surface area (Å²) >= 11 is 12.0. The summed E-state index contributed by atoms with van der Waals surface area (Å²) in [5, 5.41) is 3.72. The van der Waals surface area contributed by atoms with Crippen LogP contribution < -0.4 is 10.1 Å². The maximum absolute atomic E-state index is 12.9. The smallest absolute Gasteiger partial charge is 0.261 e. The molecule has 0 bridgehead atoms. The first kappa shape index (κ1) is 21.8. The molecular weight excluding hydrogens is 399 g/mol. The number of nitrogens with zero attached hydrogens (tertiary/aromatic N) is 1. The minimum absolute atomic E-state index is 0.240. The summed E-state index contributed by atoms with van der Waals surface area (Å²) in [4.78, 5) is 26.7. The van der Waals surface area contributed by atoms with Gasteiger partial charge in [0, 0.05) is 18.1 Å². The lowest BCUT2D eigenvalue weighted by Crippen LogP contribution is -2.49. The molecular formula is C21H22Cl2N2O3. The number of amides is 2. The highest BCUT2D eigenvalue weighted by molar-refractivity contribution is 6.32. The van der Waals surface area contributed by atoms with Gasteiger partial charge in [0.25, 0.3) is 5.91 Å². The predicted octanol–water partition coefficient (Wildman–Crippen LogP) is 4.09. The summed E-state index contributed by atoms with van der Waals surface area (Å²) in [6, 6.07) is 13.3. The second kappa shape index (κ2) is 10.7. The molecule has 0 aliphatic heterocycles. The highest BCUT2D eigenvalue weighted by atomic mass is 35.5. The molecule has 0 unspecified atom stereocenters. The van der Waals surface area contributed by atoms with Crippen molar-refractivity contribution in [3.05, 3.63) is 76.8 Å².